The molecule has 138 valence electrons. The van der Waals surface area contributed by atoms with Gasteiger partial charge in [0, 0.05) is 11.8 Å². The first kappa shape index (κ1) is 20.1. The Bertz CT molecular complexity index is 933. The number of ketones is 1. The average Bonchev–Trinajstić information content (AvgIpc) is 2.60. The van der Waals surface area contributed by atoms with Gasteiger partial charge in [-0.25, -0.2) is 13.2 Å². The summed E-state index contributed by atoms with van der Waals surface area (Å²) in [5.41, 5.74) is 1.55. The molecule has 26 heavy (non-hydrogen) atoms. The maximum Gasteiger partial charge on any atom is 0.338 e. The number of hydrogen-bond donors (Lipinski definition) is 0. The van der Waals surface area contributed by atoms with Crippen molar-refractivity contribution in [3.05, 3.63) is 64.2 Å². The molecule has 0 aliphatic heterocycles. The summed E-state index contributed by atoms with van der Waals surface area (Å²) in [5.74, 6) is -1.13. The van der Waals surface area contributed by atoms with Crippen LogP contribution in [-0.4, -0.2) is 32.5 Å². The fraction of sp³-hybridized carbons (Fsp3) is 0.263. The topological polar surface area (TPSA) is 77.5 Å². The van der Waals surface area contributed by atoms with Crippen LogP contribution < -0.4 is 0 Å². The zero-order valence-corrected chi connectivity index (χ0v) is 16.2. The van der Waals surface area contributed by atoms with Crippen molar-refractivity contribution in [3.8, 4) is 0 Å². The Morgan fingerprint density at radius 3 is 2.19 bits per heavy atom. The van der Waals surface area contributed by atoms with Gasteiger partial charge in [-0.15, -0.1) is 0 Å². The third kappa shape index (κ3) is 4.71. The molecule has 0 N–H and O–H groups in total. The van der Waals surface area contributed by atoms with Crippen LogP contribution in [0.4, 0.5) is 0 Å². The number of sulfone groups is 1. The molecular weight excluding hydrogens is 376 g/mol. The summed E-state index contributed by atoms with van der Waals surface area (Å²) in [6.07, 6.45) is 0.848. The van der Waals surface area contributed by atoms with E-state index in [0.717, 1.165) is 24.3 Å². The third-order valence-corrected chi connectivity index (χ3v) is 5.44. The van der Waals surface area contributed by atoms with Crippen LogP contribution in [-0.2, 0) is 21.0 Å². The molecule has 0 fully saturated rings. The van der Waals surface area contributed by atoms with Crippen LogP contribution in [0.3, 0.4) is 0 Å². The zero-order valence-electron chi connectivity index (χ0n) is 14.7. The number of ether oxygens (including phenoxy) is 1. The Balaban J connectivity index is 2.17. The number of benzene rings is 2. The Morgan fingerprint density at radius 2 is 1.65 bits per heavy atom. The largest absolute Gasteiger partial charge is 0.451 e. The Kier molecular flexibility index (Phi) is 6.21. The van der Waals surface area contributed by atoms with E-state index in [-0.39, 0.29) is 21.3 Å². The third-order valence-electron chi connectivity index (χ3n) is 3.87. The minimum Gasteiger partial charge on any atom is -0.451 e. The molecular formula is C19H19ClO5S. The van der Waals surface area contributed by atoms with Gasteiger partial charge in [0.2, 0.25) is 5.78 Å². The molecule has 0 spiro atoms. The normalized spacial score (nSPS) is 12.5. The van der Waals surface area contributed by atoms with Crippen molar-refractivity contribution in [2.24, 2.45) is 0 Å². The van der Waals surface area contributed by atoms with Gasteiger partial charge in [0.1, 0.15) is 0 Å². The van der Waals surface area contributed by atoms with Crippen molar-refractivity contribution in [1.29, 1.82) is 0 Å². The molecule has 2 rings (SSSR count). The predicted octanol–water partition coefficient (Wildman–Crippen LogP) is 3.73. The van der Waals surface area contributed by atoms with E-state index in [1.807, 2.05) is 19.1 Å². The van der Waals surface area contributed by atoms with Gasteiger partial charge in [-0.05, 0) is 37.1 Å². The van der Waals surface area contributed by atoms with Gasteiger partial charge in [-0.3, -0.25) is 4.79 Å². The molecule has 0 saturated heterocycles. The van der Waals surface area contributed by atoms with E-state index in [1.165, 1.54) is 19.1 Å². The lowest BCUT2D eigenvalue weighted by atomic mass is 10.0. The molecule has 0 aromatic heterocycles. The first-order valence-corrected chi connectivity index (χ1v) is 10.2. The fourth-order valence-corrected chi connectivity index (χ4v) is 3.64. The van der Waals surface area contributed by atoms with Gasteiger partial charge in [0.15, 0.2) is 15.9 Å². The molecule has 1 atom stereocenters. The van der Waals surface area contributed by atoms with Gasteiger partial charge < -0.3 is 4.74 Å². The van der Waals surface area contributed by atoms with Crippen molar-refractivity contribution in [2.45, 2.75) is 31.3 Å². The lowest BCUT2D eigenvalue weighted by Crippen LogP contribution is -2.24. The number of carbonyl (C=O) groups is 2. The average molecular weight is 395 g/mol. The van der Waals surface area contributed by atoms with Crippen molar-refractivity contribution in [2.75, 3.05) is 6.26 Å². The summed E-state index contributed by atoms with van der Waals surface area (Å²) in [6.45, 7) is 3.49. The zero-order chi connectivity index (χ0) is 19.5. The van der Waals surface area contributed by atoms with Crippen LogP contribution in [0.15, 0.2) is 47.4 Å². The van der Waals surface area contributed by atoms with Crippen LogP contribution in [0.1, 0.15) is 40.1 Å². The van der Waals surface area contributed by atoms with Gasteiger partial charge in [0.05, 0.1) is 15.5 Å². The highest BCUT2D eigenvalue weighted by molar-refractivity contribution is 7.90. The van der Waals surface area contributed by atoms with E-state index >= 15 is 0 Å². The van der Waals surface area contributed by atoms with Gasteiger partial charge in [-0.2, -0.15) is 0 Å². The summed E-state index contributed by atoms with van der Waals surface area (Å²) in [5, 5.41) is 0.0178. The molecule has 0 radical (unpaired) electrons. The second kappa shape index (κ2) is 8.01. The number of carbonyl (C=O) groups excluding carboxylic acids is 2. The molecule has 0 aliphatic carbocycles. The number of hydrogen-bond acceptors (Lipinski definition) is 5. The summed E-state index contributed by atoms with van der Waals surface area (Å²) in [7, 11) is -3.59. The molecule has 0 bridgehead atoms. The van der Waals surface area contributed by atoms with Crippen LogP contribution >= 0.6 is 11.6 Å². The van der Waals surface area contributed by atoms with Gasteiger partial charge in [0.25, 0.3) is 0 Å². The van der Waals surface area contributed by atoms with Crippen LogP contribution in [0.25, 0.3) is 0 Å². The highest BCUT2D eigenvalue weighted by atomic mass is 35.5. The Morgan fingerprint density at radius 1 is 1.08 bits per heavy atom. The number of aryl methyl sites for hydroxylation is 1. The molecule has 2 aromatic rings. The molecule has 5 nitrogen and oxygen atoms in total. The molecule has 0 saturated carbocycles. The molecule has 0 aliphatic rings. The molecule has 0 heterocycles. The number of halogens is 1. The standard InChI is InChI=1S/C19H19ClO5S/c1-4-13-5-7-14(8-6-13)18(21)12(2)25-19(22)15-9-10-16(20)17(11-15)26(3,23)24/h5-12H,4H2,1-3H3/t12-/m1/s1. The second-order valence-electron chi connectivity index (χ2n) is 5.88. The van der Waals surface area contributed by atoms with Crippen molar-refractivity contribution in [1.82, 2.24) is 0 Å². The monoisotopic (exact) mass is 394 g/mol. The Hall–Kier alpha value is -2.18. The van der Waals surface area contributed by atoms with E-state index in [9.17, 15) is 18.0 Å². The smallest absolute Gasteiger partial charge is 0.338 e. The van der Waals surface area contributed by atoms with E-state index in [1.54, 1.807) is 12.1 Å². The highest BCUT2D eigenvalue weighted by Crippen LogP contribution is 2.23. The molecule has 2 aromatic carbocycles. The minimum atomic E-state index is -3.59. The van der Waals surface area contributed by atoms with Crippen LogP contribution in [0, 0.1) is 0 Å². The minimum absolute atomic E-state index is 0.0100. The molecule has 0 unspecified atom stereocenters. The maximum absolute atomic E-state index is 12.4. The summed E-state index contributed by atoms with van der Waals surface area (Å²) in [6, 6.07) is 10.9. The Labute approximate surface area is 157 Å². The van der Waals surface area contributed by atoms with Crippen molar-refractivity contribution >= 4 is 33.2 Å². The highest BCUT2D eigenvalue weighted by Gasteiger charge is 2.22. The fourth-order valence-electron chi connectivity index (χ4n) is 2.34. The van der Waals surface area contributed by atoms with E-state index in [0.29, 0.717) is 5.56 Å². The number of rotatable bonds is 6. The quantitative estimate of drug-likeness (QED) is 0.551. The van der Waals surface area contributed by atoms with Crippen molar-refractivity contribution < 1.29 is 22.7 Å². The number of Topliss-reactive ketones (excluding diaryl/α,β-unsaturated/α-hetero) is 1. The van der Waals surface area contributed by atoms with E-state index < -0.39 is 21.9 Å². The first-order chi connectivity index (χ1) is 12.1. The van der Waals surface area contributed by atoms with Crippen molar-refractivity contribution in [3.63, 3.8) is 0 Å². The number of esters is 1. The second-order valence-corrected chi connectivity index (χ2v) is 8.27. The van der Waals surface area contributed by atoms with E-state index in [2.05, 4.69) is 0 Å². The predicted molar refractivity (Wildman–Crippen MR) is 99.6 cm³/mol. The molecule has 0 amide bonds. The SMILES string of the molecule is CCc1ccc(C(=O)[C@@H](C)OC(=O)c2ccc(Cl)c(S(C)(=O)=O)c2)cc1. The van der Waals surface area contributed by atoms with Crippen LogP contribution in [0.5, 0.6) is 0 Å². The maximum atomic E-state index is 12.4. The lowest BCUT2D eigenvalue weighted by molar-refractivity contribution is 0.0318. The lowest BCUT2D eigenvalue weighted by Gasteiger charge is -2.13. The summed E-state index contributed by atoms with van der Waals surface area (Å²) in [4.78, 5) is 24.5. The first-order valence-electron chi connectivity index (χ1n) is 7.97. The molecule has 7 heteroatoms. The van der Waals surface area contributed by atoms with E-state index in [4.69, 9.17) is 16.3 Å². The van der Waals surface area contributed by atoms with Gasteiger partial charge >= 0.3 is 5.97 Å². The summed E-state index contributed by atoms with van der Waals surface area (Å²) < 4.78 is 28.6. The summed E-state index contributed by atoms with van der Waals surface area (Å²) >= 11 is 5.86. The van der Waals surface area contributed by atoms with Crippen LogP contribution in [0.2, 0.25) is 5.02 Å². The van der Waals surface area contributed by atoms with Gasteiger partial charge in [-0.1, -0.05) is 42.8 Å².